The lowest BCUT2D eigenvalue weighted by Crippen LogP contribution is -2.26. The summed E-state index contributed by atoms with van der Waals surface area (Å²) in [5.74, 6) is -0.406. The van der Waals surface area contributed by atoms with Gasteiger partial charge in [-0.2, -0.15) is 0 Å². The minimum atomic E-state index is -3.58. The molecular weight excluding hydrogens is 289 g/mol. The predicted molar refractivity (Wildman–Crippen MR) is 82.2 cm³/mol. The molecule has 1 N–H and O–H groups in total. The summed E-state index contributed by atoms with van der Waals surface area (Å²) in [6.45, 7) is 3.63. The SMILES string of the molecule is Cc1cc(F)cc(C)c1S(=O)(=O)NCCC1=CCCCC1. The van der Waals surface area contributed by atoms with Crippen LogP contribution in [-0.4, -0.2) is 15.0 Å². The van der Waals surface area contributed by atoms with E-state index in [1.165, 1.54) is 30.5 Å². The van der Waals surface area contributed by atoms with E-state index in [1.54, 1.807) is 13.8 Å². The van der Waals surface area contributed by atoms with Crippen molar-refractivity contribution in [2.45, 2.75) is 50.8 Å². The first-order chi connectivity index (χ1) is 9.90. The first-order valence-corrected chi connectivity index (χ1v) is 8.83. The lowest BCUT2D eigenvalue weighted by atomic mass is 9.97. The summed E-state index contributed by atoms with van der Waals surface area (Å²) in [7, 11) is -3.58. The lowest BCUT2D eigenvalue weighted by Gasteiger charge is -2.15. The van der Waals surface area contributed by atoms with Crippen LogP contribution in [0.15, 0.2) is 28.7 Å². The fraction of sp³-hybridized carbons (Fsp3) is 0.500. The highest BCUT2D eigenvalue weighted by atomic mass is 32.2. The van der Waals surface area contributed by atoms with Crippen LogP contribution in [0.3, 0.4) is 0 Å². The van der Waals surface area contributed by atoms with Crippen molar-refractivity contribution in [1.29, 1.82) is 0 Å². The summed E-state index contributed by atoms with van der Waals surface area (Å²) in [5, 5.41) is 0. The number of hydrogen-bond acceptors (Lipinski definition) is 2. The second-order valence-electron chi connectivity index (χ2n) is 5.62. The van der Waals surface area contributed by atoms with Crippen molar-refractivity contribution in [1.82, 2.24) is 4.72 Å². The average molecular weight is 311 g/mol. The van der Waals surface area contributed by atoms with E-state index in [-0.39, 0.29) is 4.90 Å². The van der Waals surface area contributed by atoms with E-state index in [1.807, 2.05) is 0 Å². The number of rotatable bonds is 5. The first-order valence-electron chi connectivity index (χ1n) is 7.34. The second-order valence-corrected chi connectivity index (χ2v) is 7.33. The number of sulfonamides is 1. The molecule has 0 unspecified atom stereocenters. The van der Waals surface area contributed by atoms with Crippen LogP contribution in [0.1, 0.15) is 43.2 Å². The number of benzene rings is 1. The van der Waals surface area contributed by atoms with Gasteiger partial charge in [0.2, 0.25) is 10.0 Å². The maximum absolute atomic E-state index is 13.3. The van der Waals surface area contributed by atoms with E-state index in [9.17, 15) is 12.8 Å². The molecular formula is C16H22FNO2S. The normalized spacial score (nSPS) is 15.9. The highest BCUT2D eigenvalue weighted by Gasteiger charge is 2.20. The van der Waals surface area contributed by atoms with Gasteiger partial charge < -0.3 is 0 Å². The van der Waals surface area contributed by atoms with Crippen molar-refractivity contribution in [2.24, 2.45) is 0 Å². The van der Waals surface area contributed by atoms with Crippen molar-refractivity contribution in [3.8, 4) is 0 Å². The van der Waals surface area contributed by atoms with Crippen LogP contribution in [-0.2, 0) is 10.0 Å². The number of hydrogen-bond donors (Lipinski definition) is 1. The summed E-state index contributed by atoms with van der Waals surface area (Å²) in [6.07, 6.45) is 7.54. The Labute approximate surface area is 126 Å². The Morgan fingerprint density at radius 1 is 1.19 bits per heavy atom. The zero-order chi connectivity index (χ0) is 15.5. The van der Waals surface area contributed by atoms with E-state index >= 15 is 0 Å². The van der Waals surface area contributed by atoms with Crippen molar-refractivity contribution in [3.05, 3.63) is 40.7 Å². The molecule has 5 heteroatoms. The Kier molecular flexibility index (Phi) is 5.17. The van der Waals surface area contributed by atoms with E-state index in [0.717, 1.165) is 19.3 Å². The van der Waals surface area contributed by atoms with Gasteiger partial charge in [0.05, 0.1) is 4.90 Å². The first kappa shape index (κ1) is 16.2. The van der Waals surface area contributed by atoms with Gasteiger partial charge in [0.1, 0.15) is 5.82 Å². The molecule has 0 heterocycles. The van der Waals surface area contributed by atoms with Gasteiger partial charge in [-0.3, -0.25) is 0 Å². The van der Waals surface area contributed by atoms with Gasteiger partial charge in [-0.1, -0.05) is 11.6 Å². The summed E-state index contributed by atoms with van der Waals surface area (Å²) < 4.78 is 40.6. The summed E-state index contributed by atoms with van der Waals surface area (Å²) in [5.41, 5.74) is 2.21. The summed E-state index contributed by atoms with van der Waals surface area (Å²) >= 11 is 0. The predicted octanol–water partition coefficient (Wildman–Crippen LogP) is 3.61. The van der Waals surface area contributed by atoms with Crippen LogP contribution in [0, 0.1) is 19.7 Å². The largest absolute Gasteiger partial charge is 0.241 e. The smallest absolute Gasteiger partial charge is 0.211 e. The zero-order valence-electron chi connectivity index (χ0n) is 12.6. The molecule has 21 heavy (non-hydrogen) atoms. The highest BCUT2D eigenvalue weighted by molar-refractivity contribution is 7.89. The number of aryl methyl sites for hydroxylation is 2. The second kappa shape index (κ2) is 6.71. The fourth-order valence-corrected chi connectivity index (χ4v) is 4.35. The van der Waals surface area contributed by atoms with Gasteiger partial charge in [0, 0.05) is 6.54 Å². The molecule has 0 bridgehead atoms. The monoisotopic (exact) mass is 311 g/mol. The third-order valence-corrected chi connectivity index (χ3v) is 5.58. The molecule has 116 valence electrons. The maximum Gasteiger partial charge on any atom is 0.241 e. The Balaban J connectivity index is 2.07. The molecule has 1 aromatic rings. The third-order valence-electron chi connectivity index (χ3n) is 3.82. The van der Waals surface area contributed by atoms with Crippen LogP contribution in [0.5, 0.6) is 0 Å². The minimum Gasteiger partial charge on any atom is -0.211 e. The molecule has 0 amide bonds. The van der Waals surface area contributed by atoms with Gasteiger partial charge in [0.25, 0.3) is 0 Å². The molecule has 0 saturated carbocycles. The standard InChI is InChI=1S/C16H22FNO2S/c1-12-10-15(17)11-13(2)16(12)21(19,20)18-9-8-14-6-4-3-5-7-14/h6,10-11,18H,3-5,7-9H2,1-2H3. The number of nitrogens with one attached hydrogen (secondary N) is 1. The molecule has 0 radical (unpaired) electrons. The van der Waals surface area contributed by atoms with E-state index < -0.39 is 15.8 Å². The van der Waals surface area contributed by atoms with Crippen LogP contribution in [0.2, 0.25) is 0 Å². The minimum absolute atomic E-state index is 0.196. The molecule has 0 aromatic heterocycles. The number of allylic oxidation sites excluding steroid dienone is 1. The third kappa shape index (κ3) is 4.14. The van der Waals surface area contributed by atoms with Crippen molar-refractivity contribution in [2.75, 3.05) is 6.54 Å². The van der Waals surface area contributed by atoms with Crippen LogP contribution >= 0.6 is 0 Å². The summed E-state index contributed by atoms with van der Waals surface area (Å²) in [6, 6.07) is 2.51. The Hall–Kier alpha value is -1.20. The Bertz CT molecular complexity index is 627. The summed E-state index contributed by atoms with van der Waals surface area (Å²) in [4.78, 5) is 0.196. The zero-order valence-corrected chi connectivity index (χ0v) is 13.4. The van der Waals surface area contributed by atoms with E-state index in [0.29, 0.717) is 17.7 Å². The quantitative estimate of drug-likeness (QED) is 0.844. The molecule has 2 rings (SSSR count). The molecule has 1 aliphatic rings. The van der Waals surface area contributed by atoms with Gasteiger partial charge >= 0.3 is 0 Å². The molecule has 1 aromatic carbocycles. The average Bonchev–Trinajstić information content (AvgIpc) is 2.38. The highest BCUT2D eigenvalue weighted by Crippen LogP contribution is 2.22. The van der Waals surface area contributed by atoms with Crippen LogP contribution in [0.4, 0.5) is 4.39 Å². The van der Waals surface area contributed by atoms with E-state index in [2.05, 4.69) is 10.8 Å². The number of halogens is 1. The van der Waals surface area contributed by atoms with Gasteiger partial charge in [-0.25, -0.2) is 17.5 Å². The molecule has 0 aliphatic heterocycles. The van der Waals surface area contributed by atoms with Gasteiger partial charge in [-0.15, -0.1) is 0 Å². The van der Waals surface area contributed by atoms with Crippen molar-refractivity contribution >= 4 is 10.0 Å². The van der Waals surface area contributed by atoms with Crippen molar-refractivity contribution < 1.29 is 12.8 Å². The topological polar surface area (TPSA) is 46.2 Å². The van der Waals surface area contributed by atoms with Crippen LogP contribution in [0.25, 0.3) is 0 Å². The lowest BCUT2D eigenvalue weighted by molar-refractivity contribution is 0.576. The molecule has 0 saturated heterocycles. The molecule has 3 nitrogen and oxygen atoms in total. The van der Waals surface area contributed by atoms with Gasteiger partial charge in [0.15, 0.2) is 0 Å². The van der Waals surface area contributed by atoms with Crippen molar-refractivity contribution in [3.63, 3.8) is 0 Å². The van der Waals surface area contributed by atoms with Gasteiger partial charge in [-0.05, 0) is 69.2 Å². The molecule has 0 fully saturated rings. The maximum atomic E-state index is 13.3. The molecule has 0 atom stereocenters. The van der Waals surface area contributed by atoms with E-state index in [4.69, 9.17) is 0 Å². The fourth-order valence-electron chi connectivity index (χ4n) is 2.87. The van der Waals surface area contributed by atoms with Crippen LogP contribution < -0.4 is 4.72 Å². The molecule has 0 spiro atoms. The Morgan fingerprint density at radius 3 is 2.43 bits per heavy atom. The Morgan fingerprint density at radius 2 is 1.86 bits per heavy atom. The molecule has 1 aliphatic carbocycles.